The lowest BCUT2D eigenvalue weighted by Crippen LogP contribution is -2.36. The van der Waals surface area contributed by atoms with Crippen LogP contribution in [0, 0.1) is 11.3 Å². The molecule has 0 bridgehead atoms. The van der Waals surface area contributed by atoms with Crippen molar-refractivity contribution in [3.05, 3.63) is 53.1 Å². The number of hydrogen-bond acceptors (Lipinski definition) is 3. The van der Waals surface area contributed by atoms with E-state index in [0.29, 0.717) is 19.1 Å². The van der Waals surface area contributed by atoms with Crippen LogP contribution in [-0.2, 0) is 11.3 Å². The van der Waals surface area contributed by atoms with E-state index in [2.05, 4.69) is 20.4 Å². The van der Waals surface area contributed by atoms with Crippen molar-refractivity contribution in [2.24, 2.45) is 11.3 Å². The van der Waals surface area contributed by atoms with E-state index in [1.807, 2.05) is 24.3 Å². The highest BCUT2D eigenvalue weighted by Gasteiger charge is 2.41. The van der Waals surface area contributed by atoms with Crippen LogP contribution >= 0.6 is 0 Å². The SMILES string of the molecule is C=C(COCc1ccc(OC)cc1)[C@@H]1CC[C@]2(C)C[C@H](O)CC(C)=C2C1. The Labute approximate surface area is 157 Å². The number of aliphatic hydroxyl groups excluding tert-OH is 1. The molecule has 2 aliphatic carbocycles. The zero-order chi connectivity index (χ0) is 18.7. The average molecular weight is 357 g/mol. The van der Waals surface area contributed by atoms with Crippen LogP contribution in [0.1, 0.15) is 51.5 Å². The minimum atomic E-state index is -0.170. The molecule has 0 spiro atoms. The molecule has 0 amide bonds. The molecule has 0 radical (unpaired) electrons. The Kier molecular flexibility index (Phi) is 5.89. The van der Waals surface area contributed by atoms with Crippen LogP contribution in [-0.4, -0.2) is 24.9 Å². The van der Waals surface area contributed by atoms with Crippen LogP contribution in [0.4, 0.5) is 0 Å². The highest BCUT2D eigenvalue weighted by atomic mass is 16.5. The summed E-state index contributed by atoms with van der Waals surface area (Å²) in [6, 6.07) is 7.99. The summed E-state index contributed by atoms with van der Waals surface area (Å²) in [4.78, 5) is 0. The summed E-state index contributed by atoms with van der Waals surface area (Å²) in [5.41, 5.74) is 5.49. The van der Waals surface area contributed by atoms with Crippen LogP contribution < -0.4 is 4.74 Å². The lowest BCUT2D eigenvalue weighted by atomic mass is 9.60. The molecule has 26 heavy (non-hydrogen) atoms. The number of methoxy groups -OCH3 is 1. The van der Waals surface area contributed by atoms with Crippen molar-refractivity contribution in [1.29, 1.82) is 0 Å². The van der Waals surface area contributed by atoms with Crippen molar-refractivity contribution in [1.82, 2.24) is 0 Å². The van der Waals surface area contributed by atoms with Crippen molar-refractivity contribution in [3.8, 4) is 5.75 Å². The monoisotopic (exact) mass is 356 g/mol. The van der Waals surface area contributed by atoms with Gasteiger partial charge in [-0.15, -0.1) is 0 Å². The van der Waals surface area contributed by atoms with E-state index in [4.69, 9.17) is 9.47 Å². The molecule has 1 saturated carbocycles. The van der Waals surface area contributed by atoms with E-state index in [0.717, 1.165) is 43.4 Å². The molecule has 3 rings (SSSR count). The first kappa shape index (κ1) is 19.2. The lowest BCUT2D eigenvalue weighted by Gasteiger charge is -2.46. The third kappa shape index (κ3) is 4.21. The van der Waals surface area contributed by atoms with E-state index in [9.17, 15) is 5.11 Å². The van der Waals surface area contributed by atoms with Gasteiger partial charge in [0, 0.05) is 0 Å². The molecule has 1 aromatic rings. The van der Waals surface area contributed by atoms with Gasteiger partial charge < -0.3 is 14.6 Å². The van der Waals surface area contributed by atoms with E-state index < -0.39 is 0 Å². The normalized spacial score (nSPS) is 28.6. The van der Waals surface area contributed by atoms with Gasteiger partial charge in [0.15, 0.2) is 0 Å². The second-order valence-corrected chi connectivity index (χ2v) is 8.32. The van der Waals surface area contributed by atoms with Crippen molar-refractivity contribution in [2.45, 2.75) is 58.7 Å². The van der Waals surface area contributed by atoms with Gasteiger partial charge in [-0.05, 0) is 73.6 Å². The first-order valence-corrected chi connectivity index (χ1v) is 9.67. The van der Waals surface area contributed by atoms with E-state index in [-0.39, 0.29) is 11.5 Å². The van der Waals surface area contributed by atoms with Gasteiger partial charge >= 0.3 is 0 Å². The predicted octanol–water partition coefficient (Wildman–Crippen LogP) is 5.05. The fraction of sp³-hybridized carbons (Fsp3) is 0.565. The Balaban J connectivity index is 1.53. The third-order valence-electron chi connectivity index (χ3n) is 6.26. The van der Waals surface area contributed by atoms with Crippen LogP contribution in [0.5, 0.6) is 5.75 Å². The van der Waals surface area contributed by atoms with E-state index in [1.165, 1.54) is 11.1 Å². The quantitative estimate of drug-likeness (QED) is 0.725. The number of rotatable bonds is 6. The summed E-state index contributed by atoms with van der Waals surface area (Å²) in [6.07, 6.45) is 4.94. The Hall–Kier alpha value is -1.58. The molecule has 0 heterocycles. The summed E-state index contributed by atoms with van der Waals surface area (Å²) in [6.45, 7) is 10.1. The van der Waals surface area contributed by atoms with E-state index >= 15 is 0 Å². The van der Waals surface area contributed by atoms with Crippen LogP contribution in [0.25, 0.3) is 0 Å². The summed E-state index contributed by atoms with van der Waals surface area (Å²) >= 11 is 0. The summed E-state index contributed by atoms with van der Waals surface area (Å²) in [5, 5.41) is 10.1. The topological polar surface area (TPSA) is 38.7 Å². The second kappa shape index (κ2) is 7.98. The number of hydrogen-bond donors (Lipinski definition) is 1. The summed E-state index contributed by atoms with van der Waals surface area (Å²) < 4.78 is 11.1. The summed E-state index contributed by atoms with van der Waals surface area (Å²) in [5.74, 6) is 1.36. The molecule has 1 aromatic carbocycles. The average Bonchev–Trinajstić information content (AvgIpc) is 2.61. The lowest BCUT2D eigenvalue weighted by molar-refractivity contribution is 0.0844. The molecule has 0 unspecified atom stereocenters. The van der Waals surface area contributed by atoms with E-state index in [1.54, 1.807) is 12.7 Å². The Morgan fingerprint density at radius 2 is 2.00 bits per heavy atom. The van der Waals surface area contributed by atoms with Gasteiger partial charge in [-0.2, -0.15) is 0 Å². The molecular weight excluding hydrogens is 324 g/mol. The molecule has 1 fully saturated rings. The zero-order valence-corrected chi connectivity index (χ0v) is 16.4. The highest BCUT2D eigenvalue weighted by Crippen LogP contribution is 2.52. The number of fused-ring (bicyclic) bond motifs is 1. The van der Waals surface area contributed by atoms with Gasteiger partial charge in [0.2, 0.25) is 0 Å². The molecule has 0 saturated heterocycles. The first-order chi connectivity index (χ1) is 12.4. The van der Waals surface area contributed by atoms with Crippen molar-refractivity contribution >= 4 is 0 Å². The second-order valence-electron chi connectivity index (χ2n) is 8.32. The van der Waals surface area contributed by atoms with Crippen molar-refractivity contribution in [3.63, 3.8) is 0 Å². The van der Waals surface area contributed by atoms with Crippen molar-refractivity contribution in [2.75, 3.05) is 13.7 Å². The van der Waals surface area contributed by atoms with Crippen LogP contribution in [0.15, 0.2) is 47.6 Å². The Morgan fingerprint density at radius 1 is 1.27 bits per heavy atom. The van der Waals surface area contributed by atoms with Gasteiger partial charge in [0.1, 0.15) is 5.75 Å². The van der Waals surface area contributed by atoms with Crippen molar-refractivity contribution < 1.29 is 14.6 Å². The number of ether oxygens (including phenoxy) is 2. The molecule has 2 aliphatic rings. The maximum absolute atomic E-state index is 10.1. The number of benzene rings is 1. The van der Waals surface area contributed by atoms with Crippen LogP contribution in [0.3, 0.4) is 0 Å². The molecule has 0 aromatic heterocycles. The molecule has 142 valence electrons. The zero-order valence-electron chi connectivity index (χ0n) is 16.4. The predicted molar refractivity (Wildman–Crippen MR) is 105 cm³/mol. The van der Waals surface area contributed by atoms with Gasteiger partial charge in [-0.25, -0.2) is 0 Å². The van der Waals surface area contributed by atoms with Crippen LogP contribution in [0.2, 0.25) is 0 Å². The van der Waals surface area contributed by atoms with Gasteiger partial charge in [0.05, 0.1) is 26.4 Å². The maximum atomic E-state index is 10.1. The minimum Gasteiger partial charge on any atom is -0.497 e. The standard InChI is InChI=1S/C23H32O3/c1-16-11-20(24)13-23(3)10-9-19(12-22(16)23)17(2)14-26-15-18-5-7-21(25-4)8-6-18/h5-8,19-20,24H,2,9-15H2,1,3-4H3/t19-,20-,23-/m1/s1. The fourth-order valence-electron chi connectivity index (χ4n) is 4.71. The molecular formula is C23H32O3. The number of aliphatic hydroxyl groups is 1. The third-order valence-corrected chi connectivity index (χ3v) is 6.26. The maximum Gasteiger partial charge on any atom is 0.118 e. The Morgan fingerprint density at radius 3 is 2.69 bits per heavy atom. The molecule has 3 atom stereocenters. The van der Waals surface area contributed by atoms with Gasteiger partial charge in [-0.3, -0.25) is 0 Å². The fourth-order valence-corrected chi connectivity index (χ4v) is 4.71. The molecule has 0 aliphatic heterocycles. The van der Waals surface area contributed by atoms with Gasteiger partial charge in [0.25, 0.3) is 0 Å². The first-order valence-electron chi connectivity index (χ1n) is 9.67. The number of allylic oxidation sites excluding steroid dienone is 1. The highest BCUT2D eigenvalue weighted by molar-refractivity contribution is 5.29. The molecule has 3 heteroatoms. The molecule has 1 N–H and O–H groups in total. The Bertz CT molecular complexity index is 673. The summed E-state index contributed by atoms with van der Waals surface area (Å²) in [7, 11) is 1.68. The van der Waals surface area contributed by atoms with Gasteiger partial charge in [-0.1, -0.05) is 36.8 Å². The molecule has 3 nitrogen and oxygen atoms in total. The minimum absolute atomic E-state index is 0.170. The smallest absolute Gasteiger partial charge is 0.118 e. The largest absolute Gasteiger partial charge is 0.497 e.